The molecule has 2 N–H and O–H groups in total. The SMILES string of the molecule is Fc1ccccc1-c1nccc2[nH]c(-c3n[nH]c4ncc(-c5ccccn5)cc34)cc12. The molecular weight excluding hydrogens is 391 g/mol. The topological polar surface area (TPSA) is 83.1 Å². The summed E-state index contributed by atoms with van der Waals surface area (Å²) in [5, 5.41) is 9.17. The van der Waals surface area contributed by atoms with Crippen LogP contribution in [-0.4, -0.2) is 30.1 Å². The number of aromatic amines is 2. The second-order valence-corrected chi connectivity index (χ2v) is 7.19. The van der Waals surface area contributed by atoms with Gasteiger partial charge < -0.3 is 4.98 Å². The van der Waals surface area contributed by atoms with E-state index in [0.29, 0.717) is 16.9 Å². The summed E-state index contributed by atoms with van der Waals surface area (Å²) in [7, 11) is 0. The van der Waals surface area contributed by atoms with Crippen LogP contribution in [0.15, 0.2) is 79.3 Å². The predicted molar refractivity (Wildman–Crippen MR) is 118 cm³/mol. The summed E-state index contributed by atoms with van der Waals surface area (Å²) in [5.41, 5.74) is 5.86. The van der Waals surface area contributed by atoms with Crippen LogP contribution in [0.3, 0.4) is 0 Å². The van der Waals surface area contributed by atoms with Gasteiger partial charge in [0.2, 0.25) is 0 Å². The predicted octanol–water partition coefficient (Wildman–Crippen LogP) is 5.37. The minimum absolute atomic E-state index is 0.306. The number of fused-ring (bicyclic) bond motifs is 2. The largest absolute Gasteiger partial charge is 0.353 e. The summed E-state index contributed by atoms with van der Waals surface area (Å²) in [6, 6.07) is 18.3. The first-order valence-corrected chi connectivity index (χ1v) is 9.76. The molecule has 0 saturated heterocycles. The van der Waals surface area contributed by atoms with Crippen molar-refractivity contribution in [1.82, 2.24) is 30.1 Å². The van der Waals surface area contributed by atoms with Crippen molar-refractivity contribution in [1.29, 1.82) is 0 Å². The van der Waals surface area contributed by atoms with Crippen molar-refractivity contribution < 1.29 is 4.39 Å². The Morgan fingerprint density at radius 2 is 1.68 bits per heavy atom. The highest BCUT2D eigenvalue weighted by molar-refractivity contribution is 5.99. The molecule has 5 heterocycles. The van der Waals surface area contributed by atoms with Crippen LogP contribution in [0, 0.1) is 5.82 Å². The molecule has 0 atom stereocenters. The molecule has 0 bridgehead atoms. The number of rotatable bonds is 3. The Bertz CT molecular complexity index is 1550. The van der Waals surface area contributed by atoms with E-state index in [0.717, 1.165) is 38.9 Å². The number of pyridine rings is 3. The molecule has 0 aliphatic heterocycles. The first kappa shape index (κ1) is 17.5. The van der Waals surface area contributed by atoms with Crippen LogP contribution in [0.25, 0.3) is 55.8 Å². The molecule has 0 aliphatic carbocycles. The number of hydrogen-bond donors (Lipinski definition) is 2. The number of aromatic nitrogens is 6. The number of H-pyrrole nitrogens is 2. The van der Waals surface area contributed by atoms with Crippen molar-refractivity contribution in [2.24, 2.45) is 0 Å². The maximum atomic E-state index is 14.4. The Morgan fingerprint density at radius 1 is 0.774 bits per heavy atom. The molecule has 6 aromatic rings. The Morgan fingerprint density at radius 3 is 2.55 bits per heavy atom. The third-order valence-corrected chi connectivity index (χ3v) is 5.31. The normalized spacial score (nSPS) is 11.4. The zero-order valence-corrected chi connectivity index (χ0v) is 16.2. The summed E-state index contributed by atoms with van der Waals surface area (Å²) in [5.74, 6) is -0.306. The summed E-state index contributed by atoms with van der Waals surface area (Å²) in [6.07, 6.45) is 5.20. The standard InChI is InChI=1S/C24H15FN6/c25-18-6-2-1-5-15(18)22-16-12-21(29-20(16)8-10-27-22)23-17-11-14(13-28-24(17)31-30-23)19-7-3-4-9-26-19/h1-13,29H,(H,28,30,31). The highest BCUT2D eigenvalue weighted by Gasteiger charge is 2.16. The molecule has 6 nitrogen and oxygen atoms in total. The first-order chi connectivity index (χ1) is 15.3. The lowest BCUT2D eigenvalue weighted by Gasteiger charge is -2.03. The van der Waals surface area contributed by atoms with Gasteiger partial charge in [-0.1, -0.05) is 18.2 Å². The molecule has 0 spiro atoms. The van der Waals surface area contributed by atoms with E-state index < -0.39 is 0 Å². The summed E-state index contributed by atoms with van der Waals surface area (Å²) in [4.78, 5) is 16.7. The van der Waals surface area contributed by atoms with Crippen LogP contribution in [0.1, 0.15) is 0 Å². The Hall–Kier alpha value is -4.39. The van der Waals surface area contributed by atoms with Gasteiger partial charge in [-0.15, -0.1) is 0 Å². The maximum Gasteiger partial charge on any atom is 0.155 e. The van der Waals surface area contributed by atoms with Gasteiger partial charge in [-0.2, -0.15) is 5.10 Å². The van der Waals surface area contributed by atoms with Gasteiger partial charge in [-0.25, -0.2) is 9.37 Å². The average Bonchev–Trinajstić information content (AvgIpc) is 3.43. The van der Waals surface area contributed by atoms with Crippen molar-refractivity contribution >= 4 is 21.9 Å². The van der Waals surface area contributed by atoms with Crippen LogP contribution in [-0.2, 0) is 0 Å². The number of halogens is 1. The number of nitrogens with one attached hydrogen (secondary N) is 2. The molecule has 0 aliphatic rings. The summed E-state index contributed by atoms with van der Waals surface area (Å²) >= 11 is 0. The molecule has 0 fully saturated rings. The molecule has 0 unspecified atom stereocenters. The van der Waals surface area contributed by atoms with Crippen molar-refractivity contribution in [3.05, 3.63) is 85.1 Å². The Labute approximate surface area is 175 Å². The Balaban J connectivity index is 1.53. The van der Waals surface area contributed by atoms with Crippen molar-refractivity contribution in [2.75, 3.05) is 0 Å². The molecule has 7 heteroatoms. The lowest BCUT2D eigenvalue weighted by atomic mass is 10.1. The summed E-state index contributed by atoms with van der Waals surface area (Å²) in [6.45, 7) is 0. The van der Waals surface area contributed by atoms with E-state index in [-0.39, 0.29) is 5.82 Å². The van der Waals surface area contributed by atoms with E-state index >= 15 is 0 Å². The van der Waals surface area contributed by atoms with Gasteiger partial charge in [0.25, 0.3) is 0 Å². The van der Waals surface area contributed by atoms with Crippen molar-refractivity contribution in [2.45, 2.75) is 0 Å². The zero-order valence-electron chi connectivity index (χ0n) is 16.2. The highest BCUT2D eigenvalue weighted by atomic mass is 19.1. The quantitative estimate of drug-likeness (QED) is 0.414. The van der Waals surface area contributed by atoms with E-state index in [4.69, 9.17) is 0 Å². The Kier molecular flexibility index (Phi) is 3.86. The molecule has 31 heavy (non-hydrogen) atoms. The lowest BCUT2D eigenvalue weighted by Crippen LogP contribution is -1.87. The fourth-order valence-electron chi connectivity index (χ4n) is 3.83. The zero-order chi connectivity index (χ0) is 20.8. The highest BCUT2D eigenvalue weighted by Crippen LogP contribution is 2.34. The van der Waals surface area contributed by atoms with E-state index in [9.17, 15) is 4.39 Å². The molecule has 0 amide bonds. The minimum Gasteiger partial charge on any atom is -0.353 e. The van der Waals surface area contributed by atoms with Crippen LogP contribution in [0.4, 0.5) is 4.39 Å². The van der Waals surface area contributed by atoms with Crippen LogP contribution in [0.5, 0.6) is 0 Å². The maximum absolute atomic E-state index is 14.4. The number of nitrogens with zero attached hydrogens (tertiary/aromatic N) is 4. The number of benzene rings is 1. The monoisotopic (exact) mass is 406 g/mol. The van der Waals surface area contributed by atoms with Gasteiger partial charge in [-0.05, 0) is 42.5 Å². The second kappa shape index (κ2) is 6.84. The molecule has 0 saturated carbocycles. The molecule has 6 rings (SSSR count). The van der Waals surface area contributed by atoms with Crippen LogP contribution >= 0.6 is 0 Å². The van der Waals surface area contributed by atoms with Gasteiger partial charge in [0.1, 0.15) is 11.5 Å². The van der Waals surface area contributed by atoms with E-state index in [1.807, 2.05) is 36.4 Å². The third kappa shape index (κ3) is 2.86. The smallest absolute Gasteiger partial charge is 0.155 e. The van der Waals surface area contributed by atoms with Gasteiger partial charge >= 0.3 is 0 Å². The minimum atomic E-state index is -0.306. The van der Waals surface area contributed by atoms with Crippen molar-refractivity contribution in [3.8, 4) is 33.9 Å². The van der Waals surface area contributed by atoms with E-state index in [1.54, 1.807) is 36.8 Å². The second-order valence-electron chi connectivity index (χ2n) is 7.19. The molecule has 5 aromatic heterocycles. The van der Waals surface area contributed by atoms with Crippen LogP contribution < -0.4 is 0 Å². The average molecular weight is 406 g/mol. The van der Waals surface area contributed by atoms with Gasteiger partial charge in [0.05, 0.1) is 17.1 Å². The first-order valence-electron chi connectivity index (χ1n) is 9.76. The van der Waals surface area contributed by atoms with Gasteiger partial charge in [-0.3, -0.25) is 15.1 Å². The molecular formula is C24H15FN6. The molecule has 1 aromatic carbocycles. The van der Waals surface area contributed by atoms with Gasteiger partial charge in [0.15, 0.2) is 5.65 Å². The van der Waals surface area contributed by atoms with E-state index in [2.05, 4.69) is 30.1 Å². The van der Waals surface area contributed by atoms with Crippen LogP contribution in [0.2, 0.25) is 0 Å². The fraction of sp³-hybridized carbons (Fsp3) is 0. The third-order valence-electron chi connectivity index (χ3n) is 5.31. The summed E-state index contributed by atoms with van der Waals surface area (Å²) < 4.78 is 14.4. The molecule has 0 radical (unpaired) electrons. The van der Waals surface area contributed by atoms with Crippen molar-refractivity contribution in [3.63, 3.8) is 0 Å². The fourth-order valence-corrected chi connectivity index (χ4v) is 3.83. The lowest BCUT2D eigenvalue weighted by molar-refractivity contribution is 0.631. The van der Waals surface area contributed by atoms with E-state index in [1.165, 1.54) is 6.07 Å². The van der Waals surface area contributed by atoms with Gasteiger partial charge in [0, 0.05) is 46.0 Å². The molecule has 148 valence electrons. The number of hydrogen-bond acceptors (Lipinski definition) is 4.